The third-order valence-electron chi connectivity index (χ3n) is 5.40. The third kappa shape index (κ3) is 8.65. The smallest absolute Gasteiger partial charge is 0.261 e. The van der Waals surface area contributed by atoms with E-state index in [1.165, 1.54) is 17.0 Å². The fraction of sp³-hybridized carbons (Fsp3) is 0.286. The molecule has 0 fully saturated rings. The molecule has 3 aromatic carbocycles. The molecule has 3 rings (SSSR count). The van der Waals surface area contributed by atoms with Crippen LogP contribution in [0.5, 0.6) is 5.75 Å². The number of halogens is 2. The Labute approximate surface area is 219 Å². The van der Waals surface area contributed by atoms with Crippen LogP contribution in [-0.4, -0.2) is 35.9 Å². The first kappa shape index (κ1) is 26.7. The van der Waals surface area contributed by atoms with E-state index < -0.39 is 6.04 Å². The second-order valence-electron chi connectivity index (χ2n) is 8.74. The summed E-state index contributed by atoms with van der Waals surface area (Å²) in [5.74, 6) is -0.0730. The first-order valence-corrected chi connectivity index (χ1v) is 12.6. The highest BCUT2D eigenvalue weighted by molar-refractivity contribution is 14.1. The van der Waals surface area contributed by atoms with Gasteiger partial charge in [-0.3, -0.25) is 9.59 Å². The molecule has 0 spiro atoms. The number of amides is 2. The van der Waals surface area contributed by atoms with Crippen LogP contribution < -0.4 is 10.1 Å². The van der Waals surface area contributed by atoms with Crippen molar-refractivity contribution in [2.45, 2.75) is 32.9 Å². The summed E-state index contributed by atoms with van der Waals surface area (Å²) in [4.78, 5) is 28.4. The molecule has 0 aliphatic heterocycles. The first-order chi connectivity index (χ1) is 16.8. The third-order valence-corrected chi connectivity index (χ3v) is 6.12. The van der Waals surface area contributed by atoms with Gasteiger partial charge < -0.3 is 15.0 Å². The van der Waals surface area contributed by atoms with Crippen molar-refractivity contribution < 1.29 is 18.7 Å². The zero-order chi connectivity index (χ0) is 25.2. The van der Waals surface area contributed by atoms with Gasteiger partial charge in [-0.2, -0.15) is 0 Å². The molecule has 0 aliphatic carbocycles. The zero-order valence-electron chi connectivity index (χ0n) is 19.9. The molecule has 0 saturated heterocycles. The molecule has 0 aromatic heterocycles. The number of hydrogen-bond acceptors (Lipinski definition) is 3. The molecule has 35 heavy (non-hydrogen) atoms. The molecule has 3 aromatic rings. The summed E-state index contributed by atoms with van der Waals surface area (Å²) in [6.45, 7) is 4.47. The normalized spacial score (nSPS) is 11.7. The second-order valence-corrected chi connectivity index (χ2v) is 9.98. The molecule has 1 N–H and O–H groups in total. The molecule has 0 aliphatic rings. The summed E-state index contributed by atoms with van der Waals surface area (Å²) in [6.07, 6.45) is 0.348. The van der Waals surface area contributed by atoms with Crippen molar-refractivity contribution >= 4 is 34.4 Å². The summed E-state index contributed by atoms with van der Waals surface area (Å²) >= 11 is 2.20. The Morgan fingerprint density at radius 2 is 1.60 bits per heavy atom. The van der Waals surface area contributed by atoms with Crippen molar-refractivity contribution in [2.75, 3.05) is 13.2 Å². The standard InChI is InChI=1S/C28H30FIN2O3/c1-20(2)17-31-28(34)26(16-21-6-4-3-5-7-21)32(18-22-8-10-23(29)11-9-22)27(33)19-35-25-14-12-24(30)13-15-25/h3-15,20,26H,16-19H2,1-2H3,(H,31,34). The Morgan fingerprint density at radius 3 is 2.23 bits per heavy atom. The lowest BCUT2D eigenvalue weighted by Crippen LogP contribution is -2.52. The van der Waals surface area contributed by atoms with E-state index in [4.69, 9.17) is 4.74 Å². The second kappa shape index (κ2) is 13.2. The van der Waals surface area contributed by atoms with Gasteiger partial charge in [-0.25, -0.2) is 4.39 Å². The highest BCUT2D eigenvalue weighted by atomic mass is 127. The monoisotopic (exact) mass is 588 g/mol. The summed E-state index contributed by atoms with van der Waals surface area (Å²) in [7, 11) is 0. The predicted octanol–water partition coefficient (Wildman–Crippen LogP) is 5.22. The zero-order valence-corrected chi connectivity index (χ0v) is 22.1. The molecule has 5 nitrogen and oxygen atoms in total. The molecule has 184 valence electrons. The predicted molar refractivity (Wildman–Crippen MR) is 143 cm³/mol. The number of ether oxygens (including phenoxy) is 1. The van der Waals surface area contributed by atoms with E-state index in [1.54, 1.807) is 24.3 Å². The van der Waals surface area contributed by atoms with Crippen LogP contribution in [0.4, 0.5) is 4.39 Å². The molecule has 7 heteroatoms. The number of rotatable bonds is 11. The van der Waals surface area contributed by atoms with E-state index in [0.717, 1.165) is 14.7 Å². The van der Waals surface area contributed by atoms with Gasteiger partial charge in [0.25, 0.3) is 5.91 Å². The Bertz CT molecular complexity index is 1090. The van der Waals surface area contributed by atoms with Gasteiger partial charge in [-0.15, -0.1) is 0 Å². The molecule has 2 amide bonds. The van der Waals surface area contributed by atoms with Gasteiger partial charge in [-0.05, 0) is 76.0 Å². The lowest BCUT2D eigenvalue weighted by molar-refractivity contribution is -0.142. The minimum absolute atomic E-state index is 0.155. The van der Waals surface area contributed by atoms with E-state index in [1.807, 2.05) is 56.3 Å². The summed E-state index contributed by atoms with van der Waals surface area (Å²) < 4.78 is 20.3. The van der Waals surface area contributed by atoms with Gasteiger partial charge in [0.05, 0.1) is 0 Å². The maximum absolute atomic E-state index is 13.5. The Kier molecular flexibility index (Phi) is 10.1. The summed E-state index contributed by atoms with van der Waals surface area (Å²) in [5.41, 5.74) is 1.66. The van der Waals surface area contributed by atoms with Gasteiger partial charge in [0.1, 0.15) is 17.6 Å². The van der Waals surface area contributed by atoms with Gasteiger partial charge >= 0.3 is 0 Å². The molecule has 1 unspecified atom stereocenters. The maximum Gasteiger partial charge on any atom is 0.261 e. The average molecular weight is 588 g/mol. The Hall–Kier alpha value is -2.94. The van der Waals surface area contributed by atoms with Crippen LogP contribution in [0.3, 0.4) is 0 Å². The van der Waals surface area contributed by atoms with Gasteiger partial charge in [0.2, 0.25) is 5.91 Å². The number of benzene rings is 3. The van der Waals surface area contributed by atoms with Crippen LogP contribution in [0.25, 0.3) is 0 Å². The molecule has 0 bridgehead atoms. The SMILES string of the molecule is CC(C)CNC(=O)C(Cc1ccccc1)N(Cc1ccc(F)cc1)C(=O)COc1ccc(I)cc1. The van der Waals surface area contributed by atoms with Crippen molar-refractivity contribution in [2.24, 2.45) is 5.92 Å². The quantitative estimate of drug-likeness (QED) is 0.313. The molecular weight excluding hydrogens is 558 g/mol. The molecule has 0 heterocycles. The van der Waals surface area contributed by atoms with Gasteiger partial charge in [-0.1, -0.05) is 56.3 Å². The fourth-order valence-electron chi connectivity index (χ4n) is 3.52. The molecule has 0 radical (unpaired) electrons. The van der Waals surface area contributed by atoms with Crippen LogP contribution in [0.1, 0.15) is 25.0 Å². The number of carbonyl (C=O) groups excluding carboxylic acids is 2. The lowest BCUT2D eigenvalue weighted by Gasteiger charge is -2.31. The van der Waals surface area contributed by atoms with Gasteiger partial charge in [0.15, 0.2) is 6.61 Å². The van der Waals surface area contributed by atoms with Crippen LogP contribution >= 0.6 is 22.6 Å². The fourth-order valence-corrected chi connectivity index (χ4v) is 3.88. The average Bonchev–Trinajstić information content (AvgIpc) is 2.86. The maximum atomic E-state index is 13.5. The number of hydrogen-bond donors (Lipinski definition) is 1. The Balaban J connectivity index is 1.88. The Morgan fingerprint density at radius 1 is 0.943 bits per heavy atom. The van der Waals surface area contributed by atoms with E-state index >= 15 is 0 Å². The van der Waals surface area contributed by atoms with Crippen molar-refractivity contribution in [3.05, 3.63) is 99.4 Å². The topological polar surface area (TPSA) is 58.6 Å². The number of nitrogens with one attached hydrogen (secondary N) is 1. The highest BCUT2D eigenvalue weighted by Gasteiger charge is 2.30. The molecular formula is C28H30FIN2O3. The molecule has 0 saturated carbocycles. The van der Waals surface area contributed by atoms with Crippen LogP contribution in [0, 0.1) is 15.3 Å². The van der Waals surface area contributed by atoms with E-state index in [2.05, 4.69) is 27.9 Å². The minimum Gasteiger partial charge on any atom is -0.484 e. The van der Waals surface area contributed by atoms with Crippen LogP contribution in [0.2, 0.25) is 0 Å². The highest BCUT2D eigenvalue weighted by Crippen LogP contribution is 2.17. The van der Waals surface area contributed by atoms with Gasteiger partial charge in [0, 0.05) is 23.1 Å². The largest absolute Gasteiger partial charge is 0.484 e. The molecule has 1 atom stereocenters. The number of nitrogens with zero attached hydrogens (tertiary/aromatic N) is 1. The number of carbonyl (C=O) groups is 2. The van der Waals surface area contributed by atoms with Crippen molar-refractivity contribution in [3.8, 4) is 5.75 Å². The summed E-state index contributed by atoms with van der Waals surface area (Å²) in [6, 6.07) is 22.2. The lowest BCUT2D eigenvalue weighted by atomic mass is 10.0. The van der Waals surface area contributed by atoms with E-state index in [0.29, 0.717) is 18.7 Å². The van der Waals surface area contributed by atoms with Crippen molar-refractivity contribution in [3.63, 3.8) is 0 Å². The van der Waals surface area contributed by atoms with Crippen LogP contribution in [0.15, 0.2) is 78.9 Å². The van der Waals surface area contributed by atoms with Crippen molar-refractivity contribution in [1.82, 2.24) is 10.2 Å². The van der Waals surface area contributed by atoms with Crippen molar-refractivity contribution in [1.29, 1.82) is 0 Å². The first-order valence-electron chi connectivity index (χ1n) is 11.6. The minimum atomic E-state index is -0.756. The van der Waals surface area contributed by atoms with Crippen LogP contribution in [-0.2, 0) is 22.6 Å². The van der Waals surface area contributed by atoms with E-state index in [9.17, 15) is 14.0 Å². The van der Waals surface area contributed by atoms with E-state index in [-0.39, 0.29) is 36.7 Å². The summed E-state index contributed by atoms with van der Waals surface area (Å²) in [5, 5.41) is 2.98.